The van der Waals surface area contributed by atoms with Crippen molar-refractivity contribution in [3.63, 3.8) is 0 Å². The highest BCUT2D eigenvalue weighted by Crippen LogP contribution is 2.19. The van der Waals surface area contributed by atoms with E-state index in [2.05, 4.69) is 10.0 Å². The number of amides is 1. The fourth-order valence-electron chi connectivity index (χ4n) is 2.36. The van der Waals surface area contributed by atoms with Crippen LogP contribution in [0.2, 0.25) is 0 Å². The Balaban J connectivity index is 1.71. The average molecular weight is 407 g/mol. The summed E-state index contributed by atoms with van der Waals surface area (Å²) in [5.74, 6) is -0.304. The number of carbonyl (C=O) groups excluding carboxylic acids is 1. The van der Waals surface area contributed by atoms with Crippen LogP contribution in [0.4, 0.5) is 0 Å². The minimum absolute atomic E-state index is 0.0745. The number of nitrogens with one attached hydrogen (secondary N) is 2. The zero-order valence-electron chi connectivity index (χ0n) is 14.0. The molecule has 136 valence electrons. The van der Waals surface area contributed by atoms with Crippen LogP contribution >= 0.6 is 22.7 Å². The maximum Gasteiger partial charge on any atom is 0.251 e. The normalized spacial score (nSPS) is 12.7. The molecule has 3 aromatic rings. The first kappa shape index (κ1) is 18.8. The van der Waals surface area contributed by atoms with Gasteiger partial charge in [-0.25, -0.2) is 13.1 Å². The van der Waals surface area contributed by atoms with E-state index in [1.807, 2.05) is 41.9 Å². The lowest BCUT2D eigenvalue weighted by molar-refractivity contribution is 0.0940. The quantitative estimate of drug-likeness (QED) is 0.627. The van der Waals surface area contributed by atoms with Gasteiger partial charge in [0.05, 0.1) is 10.9 Å². The topological polar surface area (TPSA) is 75.3 Å². The number of hydrogen-bond acceptors (Lipinski definition) is 5. The van der Waals surface area contributed by atoms with E-state index in [1.165, 1.54) is 23.5 Å². The highest BCUT2D eigenvalue weighted by molar-refractivity contribution is 7.89. The van der Waals surface area contributed by atoms with Crippen LogP contribution < -0.4 is 10.0 Å². The van der Waals surface area contributed by atoms with Gasteiger partial charge in [0.15, 0.2) is 0 Å². The molecular weight excluding hydrogens is 388 g/mol. The third-order valence-electron chi connectivity index (χ3n) is 3.74. The average Bonchev–Trinajstić information content (AvgIpc) is 3.34. The van der Waals surface area contributed by atoms with Crippen molar-refractivity contribution in [2.24, 2.45) is 0 Å². The summed E-state index contributed by atoms with van der Waals surface area (Å²) in [4.78, 5) is 14.5. The standard InChI is InChI=1S/C18H18N2O3S3/c1-13(17-8-4-10-25-17)20-18(21)14-5-2-7-16(11-14)26(22,23)19-12-15-6-3-9-24-15/h2-11,13,19H,12H2,1H3,(H,20,21). The Morgan fingerprint density at radius 1 is 1.08 bits per heavy atom. The lowest BCUT2D eigenvalue weighted by atomic mass is 10.2. The number of benzene rings is 1. The van der Waals surface area contributed by atoms with Gasteiger partial charge in [-0.2, -0.15) is 0 Å². The van der Waals surface area contributed by atoms with Crippen LogP contribution in [0.15, 0.2) is 64.2 Å². The van der Waals surface area contributed by atoms with Gasteiger partial charge in [-0.05, 0) is 48.0 Å². The predicted octanol–water partition coefficient (Wildman–Crippen LogP) is 3.78. The Morgan fingerprint density at radius 2 is 1.85 bits per heavy atom. The molecule has 0 aliphatic carbocycles. The van der Waals surface area contributed by atoms with Gasteiger partial charge in [-0.3, -0.25) is 4.79 Å². The fraction of sp³-hybridized carbons (Fsp3) is 0.167. The highest BCUT2D eigenvalue weighted by Gasteiger charge is 2.17. The molecule has 1 atom stereocenters. The number of rotatable bonds is 7. The summed E-state index contributed by atoms with van der Waals surface area (Å²) in [7, 11) is -3.69. The minimum Gasteiger partial charge on any atom is -0.345 e. The van der Waals surface area contributed by atoms with Crippen LogP contribution in [0.3, 0.4) is 0 Å². The minimum atomic E-state index is -3.69. The third kappa shape index (κ3) is 4.59. The molecule has 0 bridgehead atoms. The summed E-state index contributed by atoms with van der Waals surface area (Å²) >= 11 is 3.04. The second-order valence-corrected chi connectivity index (χ2v) is 9.42. The lowest BCUT2D eigenvalue weighted by Crippen LogP contribution is -2.27. The van der Waals surface area contributed by atoms with Gasteiger partial charge in [0.25, 0.3) is 5.91 Å². The zero-order chi connectivity index (χ0) is 18.6. The van der Waals surface area contributed by atoms with E-state index in [0.29, 0.717) is 5.56 Å². The molecule has 0 aliphatic rings. The fourth-order valence-corrected chi connectivity index (χ4v) is 4.88. The summed E-state index contributed by atoms with van der Waals surface area (Å²) < 4.78 is 27.5. The van der Waals surface area contributed by atoms with Crippen LogP contribution in [-0.2, 0) is 16.6 Å². The van der Waals surface area contributed by atoms with E-state index in [0.717, 1.165) is 9.75 Å². The molecule has 2 heterocycles. The first-order valence-electron chi connectivity index (χ1n) is 7.92. The molecule has 1 unspecified atom stereocenters. The monoisotopic (exact) mass is 406 g/mol. The van der Waals surface area contributed by atoms with Crippen molar-refractivity contribution < 1.29 is 13.2 Å². The molecule has 5 nitrogen and oxygen atoms in total. The predicted molar refractivity (Wildman–Crippen MR) is 105 cm³/mol. The van der Waals surface area contributed by atoms with E-state index in [-0.39, 0.29) is 23.4 Å². The number of hydrogen-bond donors (Lipinski definition) is 2. The Morgan fingerprint density at radius 3 is 2.54 bits per heavy atom. The van der Waals surface area contributed by atoms with Crippen molar-refractivity contribution in [1.29, 1.82) is 0 Å². The Hall–Kier alpha value is -2.00. The van der Waals surface area contributed by atoms with Crippen molar-refractivity contribution in [2.45, 2.75) is 24.4 Å². The summed E-state index contributed by atoms with van der Waals surface area (Å²) in [6.45, 7) is 2.12. The summed E-state index contributed by atoms with van der Waals surface area (Å²) in [5, 5.41) is 6.73. The molecule has 8 heteroatoms. The maximum absolute atomic E-state index is 12.5. The molecule has 0 aliphatic heterocycles. The van der Waals surface area contributed by atoms with Crippen LogP contribution in [0, 0.1) is 0 Å². The number of carbonyl (C=O) groups is 1. The van der Waals surface area contributed by atoms with Gasteiger partial charge >= 0.3 is 0 Å². The summed E-state index contributed by atoms with van der Waals surface area (Å²) in [6, 6.07) is 13.5. The molecule has 26 heavy (non-hydrogen) atoms. The van der Waals surface area contributed by atoms with E-state index in [4.69, 9.17) is 0 Å². The number of sulfonamides is 1. The SMILES string of the molecule is CC(NC(=O)c1cccc(S(=O)(=O)NCc2cccs2)c1)c1cccs1. The molecule has 3 rings (SSSR count). The molecule has 0 radical (unpaired) electrons. The van der Waals surface area contributed by atoms with Crippen molar-refractivity contribution >= 4 is 38.6 Å². The second kappa shape index (κ2) is 8.13. The van der Waals surface area contributed by atoms with Crippen LogP contribution in [0.5, 0.6) is 0 Å². The van der Waals surface area contributed by atoms with E-state index in [1.54, 1.807) is 23.5 Å². The third-order valence-corrected chi connectivity index (χ3v) is 7.07. The molecule has 1 aromatic carbocycles. The molecule has 1 amide bonds. The van der Waals surface area contributed by atoms with E-state index < -0.39 is 10.0 Å². The first-order chi connectivity index (χ1) is 12.5. The second-order valence-electron chi connectivity index (χ2n) is 5.64. The molecular formula is C18H18N2O3S3. The smallest absolute Gasteiger partial charge is 0.251 e. The Labute approximate surface area is 160 Å². The van der Waals surface area contributed by atoms with Crippen molar-refractivity contribution in [2.75, 3.05) is 0 Å². The van der Waals surface area contributed by atoms with Crippen LogP contribution in [0.25, 0.3) is 0 Å². The molecule has 0 saturated carbocycles. The summed E-state index contributed by atoms with van der Waals surface area (Å²) in [6.07, 6.45) is 0. The highest BCUT2D eigenvalue weighted by atomic mass is 32.2. The first-order valence-corrected chi connectivity index (χ1v) is 11.2. The van der Waals surface area contributed by atoms with Crippen LogP contribution in [-0.4, -0.2) is 14.3 Å². The molecule has 2 aromatic heterocycles. The molecule has 0 spiro atoms. The molecule has 0 saturated heterocycles. The van der Waals surface area contributed by atoms with Gasteiger partial charge in [0.2, 0.25) is 10.0 Å². The summed E-state index contributed by atoms with van der Waals surface area (Å²) in [5.41, 5.74) is 0.312. The largest absolute Gasteiger partial charge is 0.345 e. The maximum atomic E-state index is 12.5. The van der Waals surface area contributed by atoms with Crippen molar-refractivity contribution in [1.82, 2.24) is 10.0 Å². The van der Waals surface area contributed by atoms with Gasteiger partial charge in [0.1, 0.15) is 0 Å². The zero-order valence-corrected chi connectivity index (χ0v) is 16.5. The molecule has 0 fully saturated rings. The Bertz CT molecular complexity index is 965. The van der Waals surface area contributed by atoms with Crippen molar-refractivity contribution in [3.8, 4) is 0 Å². The van der Waals surface area contributed by atoms with Gasteiger partial charge in [-0.15, -0.1) is 22.7 Å². The van der Waals surface area contributed by atoms with E-state index in [9.17, 15) is 13.2 Å². The molecule has 2 N–H and O–H groups in total. The van der Waals surface area contributed by atoms with Gasteiger partial charge < -0.3 is 5.32 Å². The van der Waals surface area contributed by atoms with E-state index >= 15 is 0 Å². The van der Waals surface area contributed by atoms with Crippen molar-refractivity contribution in [3.05, 3.63) is 74.6 Å². The number of thiophene rings is 2. The van der Waals surface area contributed by atoms with Crippen LogP contribution in [0.1, 0.15) is 33.1 Å². The van der Waals surface area contributed by atoms with Gasteiger partial charge in [-0.1, -0.05) is 18.2 Å². The Kier molecular flexibility index (Phi) is 5.87. The van der Waals surface area contributed by atoms with Gasteiger partial charge in [0, 0.05) is 21.9 Å². The lowest BCUT2D eigenvalue weighted by Gasteiger charge is -2.13.